The highest BCUT2D eigenvalue weighted by Gasteiger charge is 2.17. The molecule has 1 aliphatic rings. The van der Waals surface area contributed by atoms with Gasteiger partial charge in [0.05, 0.1) is 23.2 Å². The number of hydrogen-bond donors (Lipinski definition) is 3. The Labute approximate surface area is 248 Å². The molecule has 1 aliphatic heterocycles. The van der Waals surface area contributed by atoms with Crippen molar-refractivity contribution in [3.63, 3.8) is 0 Å². The first-order valence-corrected chi connectivity index (χ1v) is 16.1. The average Bonchev–Trinajstić information content (AvgIpc) is 3.75. The van der Waals surface area contributed by atoms with Crippen LogP contribution in [0, 0.1) is 5.82 Å². The fourth-order valence-corrected chi connectivity index (χ4v) is 6.25. The Balaban J connectivity index is 1.24. The summed E-state index contributed by atoms with van der Waals surface area (Å²) in [7, 11) is -3.41. The Morgan fingerprint density at radius 3 is 2.63 bits per heavy atom. The molecule has 1 saturated heterocycles. The van der Waals surface area contributed by atoms with Gasteiger partial charge in [-0.15, -0.1) is 0 Å². The van der Waals surface area contributed by atoms with Crippen LogP contribution >= 0.6 is 0 Å². The molecule has 4 aromatic heterocycles. The van der Waals surface area contributed by atoms with Crippen molar-refractivity contribution >= 4 is 32.0 Å². The Morgan fingerprint density at radius 2 is 1.79 bits per heavy atom. The maximum absolute atomic E-state index is 14.6. The number of H-pyrrole nitrogens is 2. The van der Waals surface area contributed by atoms with Gasteiger partial charge in [-0.25, -0.2) is 22.5 Å². The zero-order valence-corrected chi connectivity index (χ0v) is 24.4. The number of halogens is 1. The maximum Gasteiger partial charge on any atom is 0.209 e. The molecule has 0 saturated carbocycles. The van der Waals surface area contributed by atoms with Crippen molar-refractivity contribution in [1.29, 1.82) is 0 Å². The average molecular weight is 596 g/mol. The lowest BCUT2D eigenvalue weighted by atomic mass is 9.99. The standard InChI is InChI=1S/C32H30FN7O2S/c1-43(41,42)35-17-20-11-22(14-24(33)13-20)25-5-4-6-28-26(25)15-30(36-28)32-31-29(38-39-32)8-7-27(37-31)23-12-21(16-34-18-23)19-40-9-2-3-10-40/h4-8,11-16,18,35-36H,2-3,9-10,17,19H2,1H3,(H,38,39). The molecule has 0 radical (unpaired) electrons. The molecule has 3 N–H and O–H groups in total. The molecule has 0 bridgehead atoms. The minimum Gasteiger partial charge on any atom is -0.353 e. The van der Waals surface area contributed by atoms with E-state index in [4.69, 9.17) is 4.98 Å². The third-order valence-electron chi connectivity index (χ3n) is 7.83. The number of aromatic nitrogens is 5. The second-order valence-electron chi connectivity index (χ2n) is 11.1. The molecule has 1 fully saturated rings. The van der Waals surface area contributed by atoms with E-state index in [1.54, 1.807) is 6.07 Å². The molecule has 6 aromatic rings. The third-order valence-corrected chi connectivity index (χ3v) is 8.50. The predicted octanol–water partition coefficient (Wildman–Crippen LogP) is 5.62. The molecule has 0 amide bonds. The second kappa shape index (κ2) is 11.0. The minimum absolute atomic E-state index is 0.00189. The molecular formula is C32H30FN7O2S. The van der Waals surface area contributed by atoms with Gasteiger partial charge in [-0.3, -0.25) is 15.0 Å². The number of sulfonamides is 1. The first kappa shape index (κ1) is 27.4. The fraction of sp³-hybridized carbons (Fsp3) is 0.219. The van der Waals surface area contributed by atoms with E-state index < -0.39 is 15.8 Å². The molecular weight excluding hydrogens is 565 g/mol. The Morgan fingerprint density at radius 1 is 0.953 bits per heavy atom. The summed E-state index contributed by atoms with van der Waals surface area (Å²) >= 11 is 0. The predicted molar refractivity (Wildman–Crippen MR) is 166 cm³/mol. The van der Waals surface area contributed by atoms with Crippen LogP contribution in [0.1, 0.15) is 24.0 Å². The molecule has 9 nitrogen and oxygen atoms in total. The van der Waals surface area contributed by atoms with Gasteiger partial charge in [-0.05, 0) is 96.7 Å². The Hall–Kier alpha value is -4.45. The van der Waals surface area contributed by atoms with Crippen LogP contribution in [0.25, 0.3) is 55.7 Å². The number of benzene rings is 2. The van der Waals surface area contributed by atoms with Gasteiger partial charge >= 0.3 is 0 Å². The molecule has 0 aliphatic carbocycles. The van der Waals surface area contributed by atoms with E-state index in [2.05, 4.69) is 35.9 Å². The van der Waals surface area contributed by atoms with E-state index in [1.165, 1.54) is 30.5 Å². The monoisotopic (exact) mass is 595 g/mol. The molecule has 0 spiro atoms. The van der Waals surface area contributed by atoms with E-state index in [0.29, 0.717) is 16.8 Å². The van der Waals surface area contributed by atoms with Crippen LogP contribution in [0.3, 0.4) is 0 Å². The second-order valence-corrected chi connectivity index (χ2v) is 13.0. The lowest BCUT2D eigenvalue weighted by Crippen LogP contribution is -2.21. The number of nitrogens with one attached hydrogen (secondary N) is 3. The summed E-state index contributed by atoms with van der Waals surface area (Å²) in [6, 6.07) is 18.5. The van der Waals surface area contributed by atoms with Gasteiger partial charge in [0.25, 0.3) is 0 Å². The van der Waals surface area contributed by atoms with E-state index in [0.717, 1.165) is 70.3 Å². The number of pyridine rings is 2. The summed E-state index contributed by atoms with van der Waals surface area (Å²) in [5, 5.41) is 8.58. The Bertz CT molecular complexity index is 2080. The van der Waals surface area contributed by atoms with Crippen LogP contribution in [0.4, 0.5) is 4.39 Å². The van der Waals surface area contributed by atoms with Crippen LogP contribution in [-0.2, 0) is 23.1 Å². The molecule has 218 valence electrons. The zero-order chi connectivity index (χ0) is 29.6. The summed E-state index contributed by atoms with van der Waals surface area (Å²) in [4.78, 5) is 15.4. The molecule has 43 heavy (non-hydrogen) atoms. The lowest BCUT2D eigenvalue weighted by molar-refractivity contribution is 0.331. The van der Waals surface area contributed by atoms with E-state index >= 15 is 0 Å². The Kier molecular flexibility index (Phi) is 7.00. The summed E-state index contributed by atoms with van der Waals surface area (Å²) in [6.07, 6.45) is 7.34. The molecule has 11 heteroatoms. The van der Waals surface area contributed by atoms with Crippen LogP contribution in [0.5, 0.6) is 0 Å². The number of nitrogens with zero attached hydrogens (tertiary/aromatic N) is 4. The number of rotatable bonds is 8. The smallest absolute Gasteiger partial charge is 0.209 e. The molecule has 2 aromatic carbocycles. The summed E-state index contributed by atoms with van der Waals surface area (Å²) < 4.78 is 40.2. The summed E-state index contributed by atoms with van der Waals surface area (Å²) in [5.74, 6) is -0.440. The SMILES string of the molecule is CS(=O)(=O)NCc1cc(F)cc(-c2cccc3[nH]c(-c4n[nH]c5ccc(-c6cncc(CN7CCCC7)c6)nc45)cc23)c1. The highest BCUT2D eigenvalue weighted by Crippen LogP contribution is 2.35. The first-order valence-electron chi connectivity index (χ1n) is 14.2. The zero-order valence-electron chi connectivity index (χ0n) is 23.6. The summed E-state index contributed by atoms with van der Waals surface area (Å²) in [5.41, 5.74) is 8.79. The molecule has 0 unspecified atom stereocenters. The van der Waals surface area contributed by atoms with Crippen molar-refractivity contribution in [2.24, 2.45) is 0 Å². The van der Waals surface area contributed by atoms with Crippen LogP contribution in [0.15, 0.2) is 73.1 Å². The quantitative estimate of drug-likeness (QED) is 0.210. The van der Waals surface area contributed by atoms with E-state index in [9.17, 15) is 12.8 Å². The number of likely N-dealkylation sites (tertiary alicyclic amines) is 1. The first-order chi connectivity index (χ1) is 20.8. The highest BCUT2D eigenvalue weighted by molar-refractivity contribution is 7.88. The lowest BCUT2D eigenvalue weighted by Gasteiger charge is -2.14. The van der Waals surface area contributed by atoms with Crippen molar-refractivity contribution in [1.82, 2.24) is 34.8 Å². The van der Waals surface area contributed by atoms with Gasteiger partial charge in [-0.1, -0.05) is 12.1 Å². The van der Waals surface area contributed by atoms with Crippen LogP contribution in [0.2, 0.25) is 0 Å². The highest BCUT2D eigenvalue weighted by atomic mass is 32.2. The van der Waals surface area contributed by atoms with Crippen LogP contribution in [-0.4, -0.2) is 57.8 Å². The van der Waals surface area contributed by atoms with Crippen LogP contribution < -0.4 is 4.72 Å². The third kappa shape index (κ3) is 5.79. The maximum atomic E-state index is 14.6. The van der Waals surface area contributed by atoms with Gasteiger partial charge in [-0.2, -0.15) is 5.10 Å². The number of fused-ring (bicyclic) bond motifs is 2. The normalized spacial score (nSPS) is 14.3. The van der Waals surface area contributed by atoms with Gasteiger partial charge in [0.1, 0.15) is 17.0 Å². The summed E-state index contributed by atoms with van der Waals surface area (Å²) in [6.45, 7) is 3.14. The van der Waals surface area contributed by atoms with Crippen molar-refractivity contribution in [3.8, 4) is 33.8 Å². The van der Waals surface area contributed by atoms with Gasteiger partial charge < -0.3 is 4.98 Å². The molecule has 5 heterocycles. The largest absolute Gasteiger partial charge is 0.353 e. The van der Waals surface area contributed by atoms with Crippen molar-refractivity contribution < 1.29 is 12.8 Å². The molecule has 0 atom stereocenters. The van der Waals surface area contributed by atoms with Crippen molar-refractivity contribution in [2.45, 2.75) is 25.9 Å². The fourth-order valence-electron chi connectivity index (χ4n) is 5.82. The number of hydrogen-bond acceptors (Lipinski definition) is 6. The molecule has 7 rings (SSSR count). The van der Waals surface area contributed by atoms with Crippen molar-refractivity contribution in [2.75, 3.05) is 19.3 Å². The van der Waals surface area contributed by atoms with Gasteiger partial charge in [0, 0.05) is 41.9 Å². The van der Waals surface area contributed by atoms with Crippen molar-refractivity contribution in [3.05, 3.63) is 90.0 Å². The minimum atomic E-state index is -3.41. The number of aromatic amines is 2. The van der Waals surface area contributed by atoms with E-state index in [-0.39, 0.29) is 6.54 Å². The van der Waals surface area contributed by atoms with Gasteiger partial charge in [0.2, 0.25) is 10.0 Å². The van der Waals surface area contributed by atoms with Gasteiger partial charge in [0.15, 0.2) is 0 Å². The topological polar surface area (TPSA) is 120 Å². The van der Waals surface area contributed by atoms with E-state index in [1.807, 2.05) is 48.8 Å².